The Bertz CT molecular complexity index is 567. The van der Waals surface area contributed by atoms with Gasteiger partial charge in [-0.3, -0.25) is 14.9 Å². The van der Waals surface area contributed by atoms with E-state index in [-0.39, 0.29) is 29.6 Å². The predicted molar refractivity (Wildman–Crippen MR) is 84.8 cm³/mol. The van der Waals surface area contributed by atoms with Gasteiger partial charge in [0, 0.05) is 29.7 Å². The van der Waals surface area contributed by atoms with Gasteiger partial charge in [-0.15, -0.1) is 0 Å². The lowest BCUT2D eigenvalue weighted by atomic mass is 9.80. The lowest BCUT2D eigenvalue weighted by molar-refractivity contribution is -0.384. The van der Waals surface area contributed by atoms with Crippen molar-refractivity contribution in [3.8, 4) is 0 Å². The Kier molecular flexibility index (Phi) is 5.65. The van der Waals surface area contributed by atoms with E-state index in [1.54, 1.807) is 13.0 Å². The Hall–Kier alpha value is -1.95. The molecule has 0 radical (unpaired) electrons. The molecule has 122 valence electrons. The van der Waals surface area contributed by atoms with Crippen LogP contribution in [0.15, 0.2) is 18.2 Å². The van der Waals surface area contributed by atoms with E-state index in [1.807, 2.05) is 27.7 Å². The van der Waals surface area contributed by atoms with Crippen molar-refractivity contribution in [3.05, 3.63) is 39.4 Å². The zero-order valence-electron chi connectivity index (χ0n) is 13.7. The van der Waals surface area contributed by atoms with Crippen LogP contribution in [-0.4, -0.2) is 28.6 Å². The third-order valence-corrected chi connectivity index (χ3v) is 3.81. The maximum atomic E-state index is 12.3. The minimum Gasteiger partial charge on any atom is -0.392 e. The topological polar surface area (TPSA) is 92.5 Å². The summed E-state index contributed by atoms with van der Waals surface area (Å²) in [5.74, 6) is -0.295. The highest BCUT2D eigenvalue weighted by molar-refractivity contribution is 5.96. The maximum Gasteiger partial charge on any atom is 0.270 e. The van der Waals surface area contributed by atoms with Crippen LogP contribution in [0.2, 0.25) is 0 Å². The first kappa shape index (κ1) is 18.1. The van der Waals surface area contributed by atoms with Crippen molar-refractivity contribution in [2.24, 2.45) is 11.3 Å². The van der Waals surface area contributed by atoms with E-state index in [0.717, 1.165) is 0 Å². The highest BCUT2D eigenvalue weighted by Crippen LogP contribution is 2.25. The van der Waals surface area contributed by atoms with Crippen LogP contribution in [-0.2, 0) is 0 Å². The standard InChI is InChI=1S/C16H24N2O4/c1-10(2)14(19)16(4,5)9-17-15(20)13-8-12(18(21)22)7-6-11(13)3/h6-8,10,14,19H,9H2,1-5H3,(H,17,20). The van der Waals surface area contributed by atoms with E-state index in [9.17, 15) is 20.0 Å². The highest BCUT2D eigenvalue weighted by atomic mass is 16.6. The lowest BCUT2D eigenvalue weighted by Gasteiger charge is -2.33. The highest BCUT2D eigenvalue weighted by Gasteiger charge is 2.30. The van der Waals surface area contributed by atoms with Crippen molar-refractivity contribution in [3.63, 3.8) is 0 Å². The Balaban J connectivity index is 2.86. The molecular formula is C16H24N2O4. The number of amides is 1. The molecule has 6 nitrogen and oxygen atoms in total. The molecule has 1 aromatic carbocycles. The molecule has 0 bridgehead atoms. The number of aliphatic hydroxyl groups excluding tert-OH is 1. The van der Waals surface area contributed by atoms with Crippen LogP contribution in [0.25, 0.3) is 0 Å². The molecule has 2 N–H and O–H groups in total. The second-order valence-electron chi connectivity index (χ2n) is 6.62. The number of aryl methyl sites for hydroxylation is 1. The predicted octanol–water partition coefficient (Wildman–Crippen LogP) is 2.68. The molecule has 0 heterocycles. The van der Waals surface area contributed by atoms with Gasteiger partial charge in [-0.05, 0) is 18.4 Å². The van der Waals surface area contributed by atoms with Gasteiger partial charge in [0.15, 0.2) is 0 Å². The van der Waals surface area contributed by atoms with Gasteiger partial charge >= 0.3 is 0 Å². The Morgan fingerprint density at radius 1 is 1.41 bits per heavy atom. The van der Waals surface area contributed by atoms with Crippen LogP contribution in [0.3, 0.4) is 0 Å². The summed E-state index contributed by atoms with van der Waals surface area (Å²) in [6.45, 7) is 9.59. The molecule has 0 saturated carbocycles. The van der Waals surface area contributed by atoms with Gasteiger partial charge in [-0.25, -0.2) is 0 Å². The van der Waals surface area contributed by atoms with Crippen molar-refractivity contribution >= 4 is 11.6 Å². The molecule has 0 aliphatic heterocycles. The number of carbonyl (C=O) groups is 1. The first-order valence-electron chi connectivity index (χ1n) is 7.27. The van der Waals surface area contributed by atoms with Gasteiger partial charge in [0.05, 0.1) is 11.0 Å². The molecule has 6 heteroatoms. The lowest BCUT2D eigenvalue weighted by Crippen LogP contribution is -2.43. The minimum atomic E-state index is -0.556. The van der Waals surface area contributed by atoms with E-state index in [0.29, 0.717) is 5.56 Å². The molecule has 1 rings (SSSR count). The molecule has 22 heavy (non-hydrogen) atoms. The number of benzene rings is 1. The Morgan fingerprint density at radius 3 is 2.50 bits per heavy atom. The van der Waals surface area contributed by atoms with Crippen LogP contribution in [0.4, 0.5) is 5.69 Å². The maximum absolute atomic E-state index is 12.3. The summed E-state index contributed by atoms with van der Waals surface area (Å²) in [6.07, 6.45) is -0.556. The molecular weight excluding hydrogens is 284 g/mol. The largest absolute Gasteiger partial charge is 0.392 e. The summed E-state index contributed by atoms with van der Waals surface area (Å²) >= 11 is 0. The van der Waals surface area contributed by atoms with Gasteiger partial charge in [0.1, 0.15) is 0 Å². The van der Waals surface area contributed by atoms with Gasteiger partial charge < -0.3 is 10.4 Å². The first-order valence-corrected chi connectivity index (χ1v) is 7.27. The number of rotatable bonds is 6. The Labute approximate surface area is 130 Å². The molecule has 0 saturated heterocycles. The molecule has 0 aliphatic carbocycles. The van der Waals surface area contributed by atoms with Crippen LogP contribution >= 0.6 is 0 Å². The fourth-order valence-electron chi connectivity index (χ4n) is 2.38. The second kappa shape index (κ2) is 6.87. The summed E-state index contributed by atoms with van der Waals surface area (Å²) in [4.78, 5) is 22.5. The van der Waals surface area contributed by atoms with Gasteiger partial charge in [0.25, 0.3) is 11.6 Å². The fraction of sp³-hybridized carbons (Fsp3) is 0.562. The number of hydrogen-bond acceptors (Lipinski definition) is 4. The van der Waals surface area contributed by atoms with Crippen molar-refractivity contribution in [1.29, 1.82) is 0 Å². The van der Waals surface area contributed by atoms with E-state index in [4.69, 9.17) is 0 Å². The smallest absolute Gasteiger partial charge is 0.270 e. The third-order valence-electron chi connectivity index (χ3n) is 3.81. The first-order chi connectivity index (χ1) is 10.1. The summed E-state index contributed by atoms with van der Waals surface area (Å²) in [7, 11) is 0. The number of non-ortho nitro benzene ring substituents is 1. The van der Waals surface area contributed by atoms with Gasteiger partial charge in [-0.2, -0.15) is 0 Å². The number of nitrogens with zero attached hydrogens (tertiary/aromatic N) is 1. The summed E-state index contributed by atoms with van der Waals surface area (Å²) in [5.41, 5.74) is 0.352. The number of nitro groups is 1. The number of hydrogen-bond donors (Lipinski definition) is 2. The van der Waals surface area contributed by atoms with E-state index in [2.05, 4.69) is 5.32 Å². The summed E-state index contributed by atoms with van der Waals surface area (Å²) in [5, 5.41) is 23.7. The summed E-state index contributed by atoms with van der Waals surface area (Å²) in [6, 6.07) is 4.20. The zero-order chi connectivity index (χ0) is 17.1. The SMILES string of the molecule is Cc1ccc([N+](=O)[O-])cc1C(=O)NCC(C)(C)C(O)C(C)C. The molecule has 0 aromatic heterocycles. The van der Waals surface area contributed by atoms with E-state index >= 15 is 0 Å². The van der Waals surface area contributed by atoms with E-state index < -0.39 is 16.4 Å². The van der Waals surface area contributed by atoms with Gasteiger partial charge in [0.2, 0.25) is 0 Å². The third kappa shape index (κ3) is 4.27. The van der Waals surface area contributed by atoms with E-state index in [1.165, 1.54) is 12.1 Å². The van der Waals surface area contributed by atoms with Crippen molar-refractivity contribution in [2.75, 3.05) is 6.54 Å². The molecule has 0 fully saturated rings. The van der Waals surface area contributed by atoms with Gasteiger partial charge in [-0.1, -0.05) is 33.8 Å². The normalized spacial score (nSPS) is 13.0. The van der Waals surface area contributed by atoms with Crippen LogP contribution in [0.5, 0.6) is 0 Å². The van der Waals surface area contributed by atoms with Crippen LogP contribution in [0, 0.1) is 28.4 Å². The monoisotopic (exact) mass is 308 g/mol. The molecule has 1 amide bonds. The zero-order valence-corrected chi connectivity index (χ0v) is 13.7. The average molecular weight is 308 g/mol. The van der Waals surface area contributed by atoms with Crippen molar-refractivity contribution in [2.45, 2.75) is 40.7 Å². The fourth-order valence-corrected chi connectivity index (χ4v) is 2.38. The molecule has 1 aromatic rings. The second-order valence-corrected chi connectivity index (χ2v) is 6.62. The van der Waals surface area contributed by atoms with Crippen molar-refractivity contribution < 1.29 is 14.8 Å². The van der Waals surface area contributed by atoms with Crippen molar-refractivity contribution in [1.82, 2.24) is 5.32 Å². The van der Waals surface area contributed by atoms with Crippen LogP contribution in [0.1, 0.15) is 43.6 Å². The average Bonchev–Trinajstić information content (AvgIpc) is 2.44. The molecule has 0 spiro atoms. The number of carbonyl (C=O) groups excluding carboxylic acids is 1. The molecule has 1 unspecified atom stereocenters. The minimum absolute atomic E-state index is 0.0754. The number of aliphatic hydroxyl groups is 1. The number of nitrogens with one attached hydrogen (secondary N) is 1. The van der Waals surface area contributed by atoms with Crippen LogP contribution < -0.4 is 5.32 Å². The number of nitro benzene ring substituents is 1. The quantitative estimate of drug-likeness (QED) is 0.624. The molecule has 0 aliphatic rings. The molecule has 1 atom stereocenters. The summed E-state index contributed by atoms with van der Waals surface area (Å²) < 4.78 is 0. The Morgan fingerprint density at radius 2 is 2.00 bits per heavy atom.